The fraction of sp³-hybridized carbons (Fsp3) is 0.0847. The van der Waals surface area contributed by atoms with Crippen LogP contribution in [0.3, 0.4) is 0 Å². The molecule has 0 saturated heterocycles. The summed E-state index contributed by atoms with van der Waals surface area (Å²) in [6, 6.07) is 68.7. The molecule has 0 saturated carbocycles. The molecule has 0 aliphatic heterocycles. The van der Waals surface area contributed by atoms with Crippen LogP contribution in [-0.2, 0) is 25.5 Å². The molecule has 0 amide bonds. The van der Waals surface area contributed by atoms with Crippen LogP contribution in [0.5, 0.6) is 0 Å². The van der Waals surface area contributed by atoms with Crippen molar-refractivity contribution in [3.63, 3.8) is 0 Å². The summed E-state index contributed by atoms with van der Waals surface area (Å²) in [6.07, 6.45) is 0. The maximum atomic E-state index is 5.14. The van der Waals surface area contributed by atoms with Crippen LogP contribution in [0, 0.1) is 26.0 Å². The topological polar surface area (TPSA) is 77.3 Å². The van der Waals surface area contributed by atoms with Crippen LogP contribution >= 0.6 is 11.3 Å². The maximum absolute atomic E-state index is 5.14. The van der Waals surface area contributed by atoms with Crippen LogP contribution in [0.15, 0.2) is 182 Å². The van der Waals surface area contributed by atoms with Crippen molar-refractivity contribution in [3.05, 3.63) is 216 Å². The second-order valence-corrected chi connectivity index (χ2v) is 18.1. The van der Waals surface area contributed by atoms with Crippen molar-refractivity contribution >= 4 is 32.5 Å². The Kier molecular flexibility index (Phi) is 11.8. The number of nitrogens with zero attached hydrogens (tertiary/aromatic N) is 6. The predicted octanol–water partition coefficient (Wildman–Crippen LogP) is 14.6. The fourth-order valence-electron chi connectivity index (χ4n) is 9.00. The number of hydrogen-bond donors (Lipinski definition) is 0. The van der Waals surface area contributed by atoms with Gasteiger partial charge in [0.05, 0.1) is 22.6 Å². The Hall–Kier alpha value is -7.35. The fourth-order valence-corrected chi connectivity index (χ4v) is 9.94. The summed E-state index contributed by atoms with van der Waals surface area (Å²) in [5.41, 5.74) is 16.4. The zero-order chi connectivity index (χ0) is 44.8. The molecular weight excluding hydrogens is 1020 g/mol. The van der Waals surface area contributed by atoms with Crippen molar-refractivity contribution in [2.45, 2.75) is 33.1 Å². The molecule has 0 spiro atoms. The third-order valence-electron chi connectivity index (χ3n) is 12.4. The van der Waals surface area contributed by atoms with Crippen LogP contribution in [-0.4, -0.2) is 29.9 Å². The Morgan fingerprint density at radius 1 is 0.463 bits per heavy atom. The van der Waals surface area contributed by atoms with Gasteiger partial charge in [-0.05, 0) is 59.7 Å². The standard InChI is InChI=1S/C31H25N2.C28H17N4S.Ir/c1-19-10-9-11-20(2)28(19)29-23-13-6-8-15-27(23)32-30(33-29)21-16-17-26-24(18-21)22-12-5-7-14-25(22)31(26,3)4;1-3-10-19(11-4-1)25-30-26(20-12-5-2-6-13-20)32-27(31-25)21-14-9-15-22(18-21)28-29-23-16-7-8-17-24(23)33-28;/h5-15,17-18H,1-4H3;1-14,16-18H;/q2*-1;. The summed E-state index contributed by atoms with van der Waals surface area (Å²) in [5, 5.41) is 2.00. The molecule has 1 aliphatic carbocycles. The molecule has 11 aromatic rings. The molecule has 6 nitrogen and oxygen atoms in total. The molecule has 3 heterocycles. The van der Waals surface area contributed by atoms with Crippen LogP contribution in [0.1, 0.15) is 36.1 Å². The van der Waals surface area contributed by atoms with E-state index in [4.69, 9.17) is 29.9 Å². The van der Waals surface area contributed by atoms with Crippen LogP contribution < -0.4 is 0 Å². The van der Waals surface area contributed by atoms with Crippen molar-refractivity contribution in [2.24, 2.45) is 0 Å². The number of para-hydroxylation sites is 2. The van der Waals surface area contributed by atoms with Gasteiger partial charge in [-0.2, -0.15) is 11.3 Å². The minimum absolute atomic E-state index is 0. The molecule has 3 aromatic heterocycles. The molecule has 8 aromatic carbocycles. The van der Waals surface area contributed by atoms with Crippen molar-refractivity contribution in [1.29, 1.82) is 0 Å². The minimum atomic E-state index is -0.0331. The van der Waals surface area contributed by atoms with E-state index in [0.717, 1.165) is 65.5 Å². The van der Waals surface area contributed by atoms with Crippen molar-refractivity contribution < 1.29 is 20.1 Å². The van der Waals surface area contributed by atoms with E-state index < -0.39 is 0 Å². The number of benzene rings is 8. The third-order valence-corrected chi connectivity index (χ3v) is 13.4. The Balaban J connectivity index is 0.000000154. The van der Waals surface area contributed by atoms with Crippen molar-refractivity contribution in [3.8, 4) is 78.5 Å². The monoisotopic (exact) mass is 1060 g/mol. The first-order valence-corrected chi connectivity index (χ1v) is 22.8. The molecule has 325 valence electrons. The van der Waals surface area contributed by atoms with E-state index in [2.05, 4.69) is 125 Å². The molecule has 0 N–H and O–H groups in total. The van der Waals surface area contributed by atoms with Crippen molar-refractivity contribution in [2.75, 3.05) is 0 Å². The number of rotatable bonds is 6. The quantitative estimate of drug-likeness (QED) is 0.154. The molecule has 0 bridgehead atoms. The normalized spacial score (nSPS) is 12.2. The smallest absolute Gasteiger partial charge is 0.164 e. The Morgan fingerprint density at radius 2 is 1.07 bits per heavy atom. The van der Waals surface area contributed by atoms with Gasteiger partial charge in [-0.1, -0.05) is 158 Å². The van der Waals surface area contributed by atoms with E-state index >= 15 is 0 Å². The molecule has 8 heteroatoms. The average molecular weight is 1060 g/mol. The average Bonchev–Trinajstić information content (AvgIpc) is 3.91. The van der Waals surface area contributed by atoms with Gasteiger partial charge in [0, 0.05) is 51.9 Å². The molecule has 12 rings (SSSR count). The van der Waals surface area contributed by atoms with Crippen LogP contribution in [0.2, 0.25) is 0 Å². The van der Waals surface area contributed by atoms with Gasteiger partial charge in [0.1, 0.15) is 5.82 Å². The van der Waals surface area contributed by atoms with E-state index in [9.17, 15) is 0 Å². The Labute approximate surface area is 408 Å². The number of thiazole rings is 1. The molecule has 1 aliphatic rings. The number of aromatic nitrogens is 6. The Morgan fingerprint density at radius 3 is 1.78 bits per heavy atom. The second-order valence-electron chi connectivity index (χ2n) is 17.0. The van der Waals surface area contributed by atoms with Crippen LogP contribution in [0.4, 0.5) is 0 Å². The van der Waals surface area contributed by atoms with Crippen molar-refractivity contribution in [1.82, 2.24) is 29.9 Å². The number of hydrogen-bond acceptors (Lipinski definition) is 7. The third kappa shape index (κ3) is 8.29. The molecule has 0 unspecified atom stereocenters. The predicted molar refractivity (Wildman–Crippen MR) is 270 cm³/mol. The minimum Gasteiger partial charge on any atom is -0.285 e. The SMILES string of the molecule is Cc1cccc(C)c1-c1nc(-c2[c-]cc3c(c2)-c2ccccc2C3(C)C)nc2ccccc12.[Ir].[c-]1ccc(-c2nc(-c3ccccc3)nc(-c3ccccc3)n2)cc1-c1nc2ccccc2s1. The van der Waals surface area contributed by atoms with Gasteiger partial charge < -0.3 is 0 Å². The summed E-state index contributed by atoms with van der Waals surface area (Å²) in [7, 11) is 0. The first kappa shape index (κ1) is 43.5. The van der Waals surface area contributed by atoms with E-state index in [1.165, 1.54) is 38.9 Å². The Bertz CT molecular complexity index is 3490. The van der Waals surface area contributed by atoms with E-state index in [1.807, 2.05) is 97.1 Å². The van der Waals surface area contributed by atoms with Gasteiger partial charge in [-0.25, -0.2) is 15.0 Å². The maximum Gasteiger partial charge on any atom is 0.164 e. The van der Waals surface area contributed by atoms with E-state index in [-0.39, 0.29) is 25.5 Å². The van der Waals surface area contributed by atoms with Gasteiger partial charge >= 0.3 is 0 Å². The number of fused-ring (bicyclic) bond motifs is 5. The largest absolute Gasteiger partial charge is 0.285 e. The van der Waals surface area contributed by atoms with Gasteiger partial charge in [0.25, 0.3) is 0 Å². The van der Waals surface area contributed by atoms with Gasteiger partial charge in [0.2, 0.25) is 0 Å². The zero-order valence-corrected chi connectivity index (χ0v) is 40.5. The van der Waals surface area contributed by atoms with Gasteiger partial charge in [0.15, 0.2) is 11.6 Å². The second kappa shape index (κ2) is 18.1. The molecular formula is C59H42IrN6S-2. The van der Waals surface area contributed by atoms with Gasteiger partial charge in [-0.3, -0.25) is 15.0 Å². The molecule has 1 radical (unpaired) electrons. The summed E-state index contributed by atoms with van der Waals surface area (Å²) in [4.78, 5) is 29.3. The number of aryl methyl sites for hydroxylation is 2. The summed E-state index contributed by atoms with van der Waals surface area (Å²) < 4.78 is 1.16. The molecule has 0 fully saturated rings. The zero-order valence-electron chi connectivity index (χ0n) is 37.2. The molecule has 0 atom stereocenters. The van der Waals surface area contributed by atoms with Gasteiger partial charge in [-0.15, -0.1) is 59.2 Å². The molecule has 67 heavy (non-hydrogen) atoms. The van der Waals surface area contributed by atoms with Crippen LogP contribution in [0.25, 0.3) is 99.6 Å². The summed E-state index contributed by atoms with van der Waals surface area (Å²) in [6.45, 7) is 8.88. The first-order chi connectivity index (χ1) is 32.3. The summed E-state index contributed by atoms with van der Waals surface area (Å²) in [5.74, 6) is 2.64. The van der Waals surface area contributed by atoms with E-state index in [1.54, 1.807) is 11.3 Å². The van der Waals surface area contributed by atoms with E-state index in [0.29, 0.717) is 17.5 Å². The summed E-state index contributed by atoms with van der Waals surface area (Å²) >= 11 is 1.66. The first-order valence-electron chi connectivity index (χ1n) is 22.0.